The van der Waals surface area contributed by atoms with Crippen molar-refractivity contribution >= 4 is 24.3 Å². The van der Waals surface area contributed by atoms with Gasteiger partial charge >= 0.3 is 5.97 Å². The van der Waals surface area contributed by atoms with Crippen LogP contribution in [0.15, 0.2) is 0 Å². The lowest BCUT2D eigenvalue weighted by Gasteiger charge is -2.32. The second kappa shape index (κ2) is 11.0. The van der Waals surface area contributed by atoms with E-state index in [2.05, 4.69) is 9.80 Å². The predicted octanol–water partition coefficient (Wildman–Crippen LogP) is 2.07. The van der Waals surface area contributed by atoms with Gasteiger partial charge in [-0.1, -0.05) is 12.8 Å². The van der Waals surface area contributed by atoms with Crippen LogP contribution in [0.3, 0.4) is 0 Å². The van der Waals surface area contributed by atoms with Gasteiger partial charge in [0.1, 0.15) is 0 Å². The summed E-state index contributed by atoms with van der Waals surface area (Å²) >= 11 is 0. The van der Waals surface area contributed by atoms with Gasteiger partial charge in [0.25, 0.3) is 0 Å². The molecule has 7 heteroatoms. The van der Waals surface area contributed by atoms with Crippen LogP contribution in [0.25, 0.3) is 0 Å². The molecule has 2 aliphatic heterocycles. The topological polar surface area (TPSA) is 64.1 Å². The maximum absolute atomic E-state index is 12.8. The van der Waals surface area contributed by atoms with Crippen molar-refractivity contribution in [1.29, 1.82) is 0 Å². The monoisotopic (exact) mass is 375 g/mol. The number of amides is 1. The highest BCUT2D eigenvalue weighted by atomic mass is 35.5. The lowest BCUT2D eigenvalue weighted by Crippen LogP contribution is -2.48. The first-order valence-corrected chi connectivity index (χ1v) is 9.44. The summed E-state index contributed by atoms with van der Waals surface area (Å²) in [7, 11) is 1.89. The van der Waals surface area contributed by atoms with Gasteiger partial charge in [0.15, 0.2) is 0 Å². The summed E-state index contributed by atoms with van der Waals surface area (Å²) in [5, 5.41) is 8.96. The Hall–Kier alpha value is -0.850. The van der Waals surface area contributed by atoms with E-state index in [0.717, 1.165) is 58.3 Å². The normalized spacial score (nSPS) is 24.1. The van der Waals surface area contributed by atoms with Crippen LogP contribution in [-0.2, 0) is 9.59 Å². The molecule has 0 aromatic heterocycles. The van der Waals surface area contributed by atoms with Crippen LogP contribution in [0.5, 0.6) is 0 Å². The number of carbonyl (C=O) groups excluding carboxylic acids is 1. The number of halogens is 1. The molecule has 0 saturated carbocycles. The fourth-order valence-electron chi connectivity index (χ4n) is 3.98. The largest absolute Gasteiger partial charge is 0.480 e. The number of carboxylic acids is 1. The van der Waals surface area contributed by atoms with E-state index >= 15 is 0 Å². The second-order valence-corrected chi connectivity index (χ2v) is 7.35. The molecule has 25 heavy (non-hydrogen) atoms. The van der Waals surface area contributed by atoms with E-state index < -0.39 is 5.97 Å². The molecule has 1 amide bonds. The van der Waals surface area contributed by atoms with Gasteiger partial charge in [-0.2, -0.15) is 0 Å². The zero-order chi connectivity index (χ0) is 17.5. The third kappa shape index (κ3) is 6.76. The maximum Gasteiger partial charge on any atom is 0.317 e. The van der Waals surface area contributed by atoms with Gasteiger partial charge in [-0.3, -0.25) is 19.4 Å². The summed E-state index contributed by atoms with van der Waals surface area (Å²) in [6.45, 7) is 5.73. The number of hydrogen-bond donors (Lipinski definition) is 1. The Bertz CT molecular complexity index is 428. The minimum atomic E-state index is -0.775. The highest BCUT2D eigenvalue weighted by Gasteiger charge is 2.29. The maximum atomic E-state index is 12.8. The molecule has 0 radical (unpaired) electrons. The molecule has 0 spiro atoms. The van der Waals surface area contributed by atoms with Crippen LogP contribution < -0.4 is 0 Å². The van der Waals surface area contributed by atoms with Gasteiger partial charge in [-0.15, -0.1) is 12.4 Å². The number of likely N-dealkylation sites (tertiary alicyclic amines) is 2. The number of aliphatic carboxylic acids is 1. The molecule has 0 bridgehead atoms. The standard InChI is InChI=1S/C18H33N3O3.ClH/c1-15(18(24)21-10-5-3-4-6-11-21)20-12-7-8-16(9-13-20)19(2)14-17(22)23;/h15-16H,3-14H2,1-2H3,(H,22,23);1H. The fourth-order valence-corrected chi connectivity index (χ4v) is 3.98. The quantitative estimate of drug-likeness (QED) is 0.796. The minimum Gasteiger partial charge on any atom is -0.480 e. The molecular formula is C18H34ClN3O3. The molecule has 2 saturated heterocycles. The zero-order valence-corrected chi connectivity index (χ0v) is 16.5. The van der Waals surface area contributed by atoms with Gasteiger partial charge in [0.05, 0.1) is 12.6 Å². The van der Waals surface area contributed by atoms with Gasteiger partial charge in [-0.05, 0) is 52.6 Å². The van der Waals surface area contributed by atoms with Crippen LogP contribution in [0.1, 0.15) is 51.9 Å². The van der Waals surface area contributed by atoms with E-state index in [-0.39, 0.29) is 30.9 Å². The Morgan fingerprint density at radius 2 is 1.68 bits per heavy atom. The average Bonchev–Trinajstić information content (AvgIpc) is 2.95. The molecule has 6 nitrogen and oxygen atoms in total. The first kappa shape index (κ1) is 22.2. The third-order valence-corrected chi connectivity index (χ3v) is 5.56. The molecule has 2 fully saturated rings. The van der Waals surface area contributed by atoms with E-state index in [0.29, 0.717) is 6.04 Å². The van der Waals surface area contributed by atoms with Crippen molar-refractivity contribution < 1.29 is 14.7 Å². The minimum absolute atomic E-state index is 0. The molecular weight excluding hydrogens is 342 g/mol. The van der Waals surface area contributed by atoms with Crippen LogP contribution in [0.2, 0.25) is 0 Å². The van der Waals surface area contributed by atoms with Crippen LogP contribution in [-0.4, -0.2) is 83.5 Å². The number of nitrogens with zero attached hydrogens (tertiary/aromatic N) is 3. The molecule has 0 aromatic carbocycles. The Morgan fingerprint density at radius 3 is 2.28 bits per heavy atom. The fraction of sp³-hybridized carbons (Fsp3) is 0.889. The van der Waals surface area contributed by atoms with Crippen LogP contribution in [0.4, 0.5) is 0 Å². The van der Waals surface area contributed by atoms with E-state index in [9.17, 15) is 9.59 Å². The van der Waals surface area contributed by atoms with E-state index in [4.69, 9.17) is 5.11 Å². The van der Waals surface area contributed by atoms with E-state index in [1.165, 1.54) is 12.8 Å². The van der Waals surface area contributed by atoms with Gasteiger partial charge in [-0.25, -0.2) is 0 Å². The molecule has 0 aliphatic carbocycles. The number of rotatable bonds is 5. The number of carbonyl (C=O) groups is 2. The summed E-state index contributed by atoms with van der Waals surface area (Å²) in [6.07, 6.45) is 7.68. The lowest BCUT2D eigenvalue weighted by atomic mass is 10.1. The third-order valence-electron chi connectivity index (χ3n) is 5.56. The SMILES string of the molecule is CC(C(=O)N1CCCCCC1)N1CCCC(N(C)CC(=O)O)CC1.Cl. The van der Waals surface area contributed by atoms with Crippen LogP contribution in [0, 0.1) is 0 Å². The summed E-state index contributed by atoms with van der Waals surface area (Å²) in [6, 6.07) is 0.234. The molecule has 1 N–H and O–H groups in total. The summed E-state index contributed by atoms with van der Waals surface area (Å²) in [5.74, 6) is -0.502. The molecule has 146 valence electrons. The summed E-state index contributed by atoms with van der Waals surface area (Å²) < 4.78 is 0. The summed E-state index contributed by atoms with van der Waals surface area (Å²) in [5.41, 5.74) is 0. The predicted molar refractivity (Wildman–Crippen MR) is 101 cm³/mol. The van der Waals surface area contributed by atoms with Gasteiger partial charge < -0.3 is 10.0 Å². The Kier molecular flexibility index (Phi) is 9.75. The molecule has 0 aromatic rings. The zero-order valence-electron chi connectivity index (χ0n) is 15.7. The van der Waals surface area contributed by atoms with E-state index in [1.54, 1.807) is 0 Å². The van der Waals surface area contributed by atoms with Crippen molar-refractivity contribution in [2.75, 3.05) is 39.8 Å². The van der Waals surface area contributed by atoms with E-state index in [1.807, 2.05) is 18.9 Å². The molecule has 2 rings (SSSR count). The summed E-state index contributed by atoms with van der Waals surface area (Å²) in [4.78, 5) is 30.0. The lowest BCUT2D eigenvalue weighted by molar-refractivity contribution is -0.138. The molecule has 2 unspecified atom stereocenters. The smallest absolute Gasteiger partial charge is 0.317 e. The highest BCUT2D eigenvalue weighted by Crippen LogP contribution is 2.19. The first-order chi connectivity index (χ1) is 11.5. The number of hydrogen-bond acceptors (Lipinski definition) is 4. The number of carboxylic acid groups (broad SMARTS) is 1. The van der Waals surface area contributed by atoms with Crippen molar-refractivity contribution in [1.82, 2.24) is 14.7 Å². The average molecular weight is 376 g/mol. The van der Waals surface area contributed by atoms with Gasteiger partial charge in [0, 0.05) is 25.7 Å². The van der Waals surface area contributed by atoms with Crippen molar-refractivity contribution in [2.24, 2.45) is 0 Å². The highest BCUT2D eigenvalue weighted by molar-refractivity contribution is 5.85. The Balaban J connectivity index is 0.00000312. The van der Waals surface area contributed by atoms with Gasteiger partial charge in [0.2, 0.25) is 5.91 Å². The van der Waals surface area contributed by atoms with Crippen molar-refractivity contribution in [3.05, 3.63) is 0 Å². The first-order valence-electron chi connectivity index (χ1n) is 9.44. The number of likely N-dealkylation sites (N-methyl/N-ethyl adjacent to an activating group) is 1. The Labute approximate surface area is 157 Å². The van der Waals surface area contributed by atoms with Crippen LogP contribution >= 0.6 is 12.4 Å². The van der Waals surface area contributed by atoms with Crippen molar-refractivity contribution in [3.63, 3.8) is 0 Å². The van der Waals surface area contributed by atoms with Crippen molar-refractivity contribution in [2.45, 2.75) is 64.0 Å². The Morgan fingerprint density at radius 1 is 1.04 bits per heavy atom. The molecule has 2 aliphatic rings. The second-order valence-electron chi connectivity index (χ2n) is 7.35. The van der Waals surface area contributed by atoms with Crippen molar-refractivity contribution in [3.8, 4) is 0 Å². The molecule has 2 heterocycles. The molecule has 2 atom stereocenters.